The quantitative estimate of drug-likeness (QED) is 0.922. The fourth-order valence-corrected chi connectivity index (χ4v) is 3.54. The third-order valence-electron chi connectivity index (χ3n) is 4.54. The molecule has 18 heavy (non-hydrogen) atoms. The van der Waals surface area contributed by atoms with Gasteiger partial charge in [0.15, 0.2) is 0 Å². The van der Waals surface area contributed by atoms with Crippen LogP contribution in [0, 0.1) is 5.41 Å². The second-order valence-electron chi connectivity index (χ2n) is 5.25. The highest BCUT2D eigenvalue weighted by atomic mass is 79.9. The predicted molar refractivity (Wildman–Crippen MR) is 80.8 cm³/mol. The van der Waals surface area contributed by atoms with Crippen molar-refractivity contribution < 1.29 is 0 Å². The van der Waals surface area contributed by atoms with E-state index in [0.29, 0.717) is 5.41 Å². The van der Waals surface area contributed by atoms with Crippen LogP contribution in [0.3, 0.4) is 0 Å². The molecule has 0 aromatic carbocycles. The predicted octanol–water partition coefficient (Wildman–Crippen LogP) is 3.83. The first-order chi connectivity index (χ1) is 8.62. The van der Waals surface area contributed by atoms with Crippen LogP contribution in [0.15, 0.2) is 16.9 Å². The Hall–Kier alpha value is -0.770. The average molecular weight is 312 g/mol. The number of piperidine rings is 1. The van der Waals surface area contributed by atoms with Crippen LogP contribution in [-0.4, -0.2) is 18.1 Å². The molecule has 0 radical (unpaired) electrons. The van der Waals surface area contributed by atoms with Crippen LogP contribution < -0.4 is 10.6 Å². The number of nitrogens with zero attached hydrogens (tertiary/aromatic N) is 2. The van der Waals surface area contributed by atoms with Crippen LogP contribution >= 0.6 is 15.9 Å². The molecule has 0 amide bonds. The Morgan fingerprint density at radius 2 is 1.89 bits per heavy atom. The molecule has 0 bridgehead atoms. The van der Waals surface area contributed by atoms with E-state index in [9.17, 15) is 0 Å². The van der Waals surface area contributed by atoms with E-state index >= 15 is 0 Å². The first kappa shape index (κ1) is 13.7. The number of nitrogen functional groups attached to an aromatic ring is 1. The lowest BCUT2D eigenvalue weighted by atomic mass is 9.74. The summed E-state index contributed by atoms with van der Waals surface area (Å²) in [5.41, 5.74) is 8.48. The van der Waals surface area contributed by atoms with Crippen molar-refractivity contribution in [1.82, 2.24) is 4.98 Å². The molecule has 1 aliphatic heterocycles. The molecule has 1 saturated heterocycles. The van der Waals surface area contributed by atoms with Gasteiger partial charge in [0, 0.05) is 19.3 Å². The van der Waals surface area contributed by atoms with Gasteiger partial charge in [-0.05, 0) is 34.2 Å². The maximum absolute atomic E-state index is 6.05. The topological polar surface area (TPSA) is 42.1 Å². The van der Waals surface area contributed by atoms with E-state index in [1.165, 1.54) is 25.7 Å². The van der Waals surface area contributed by atoms with Crippen molar-refractivity contribution in [3.05, 3.63) is 16.9 Å². The number of nitrogens with two attached hydrogens (primary N) is 1. The smallest absolute Gasteiger partial charge is 0.0776 e. The molecule has 1 aliphatic rings. The van der Waals surface area contributed by atoms with Crippen molar-refractivity contribution in [3.63, 3.8) is 0 Å². The minimum absolute atomic E-state index is 0.546. The van der Waals surface area contributed by atoms with Gasteiger partial charge in [0.05, 0.1) is 22.0 Å². The molecule has 1 aromatic rings. The van der Waals surface area contributed by atoms with Crippen molar-refractivity contribution in [1.29, 1.82) is 0 Å². The van der Waals surface area contributed by atoms with Crippen molar-refractivity contribution in [2.24, 2.45) is 5.41 Å². The monoisotopic (exact) mass is 311 g/mol. The van der Waals surface area contributed by atoms with E-state index < -0.39 is 0 Å². The number of hydrogen-bond donors (Lipinski definition) is 1. The summed E-state index contributed by atoms with van der Waals surface area (Å²) in [5, 5.41) is 0. The molecule has 3 nitrogen and oxygen atoms in total. The van der Waals surface area contributed by atoms with Gasteiger partial charge in [0.2, 0.25) is 0 Å². The van der Waals surface area contributed by atoms with Gasteiger partial charge >= 0.3 is 0 Å². The maximum Gasteiger partial charge on any atom is 0.0776 e. The van der Waals surface area contributed by atoms with E-state index in [4.69, 9.17) is 5.73 Å². The largest absolute Gasteiger partial charge is 0.396 e. The normalized spacial score (nSPS) is 18.9. The van der Waals surface area contributed by atoms with E-state index in [1.807, 2.05) is 6.20 Å². The zero-order chi connectivity index (χ0) is 13.2. The molecule has 2 heterocycles. The summed E-state index contributed by atoms with van der Waals surface area (Å²) in [6, 6.07) is 0. The van der Waals surface area contributed by atoms with Crippen LogP contribution in [0.1, 0.15) is 39.5 Å². The first-order valence-corrected chi connectivity index (χ1v) is 7.55. The maximum atomic E-state index is 6.05. The fraction of sp³-hybridized carbons (Fsp3) is 0.643. The van der Waals surface area contributed by atoms with Crippen molar-refractivity contribution >= 4 is 27.3 Å². The third-order valence-corrected chi connectivity index (χ3v) is 5.12. The van der Waals surface area contributed by atoms with Gasteiger partial charge in [-0.2, -0.15) is 0 Å². The molecule has 100 valence electrons. The molecule has 1 fully saturated rings. The van der Waals surface area contributed by atoms with Crippen molar-refractivity contribution in [2.45, 2.75) is 39.5 Å². The Labute approximate surface area is 118 Å². The van der Waals surface area contributed by atoms with Gasteiger partial charge in [0.1, 0.15) is 0 Å². The highest BCUT2D eigenvalue weighted by Crippen LogP contribution is 2.41. The molecule has 4 heteroatoms. The molecule has 1 aromatic heterocycles. The summed E-state index contributed by atoms with van der Waals surface area (Å²) in [5.74, 6) is 0. The molecule has 0 spiro atoms. The number of pyridine rings is 1. The zero-order valence-electron chi connectivity index (χ0n) is 11.2. The lowest BCUT2D eigenvalue weighted by Gasteiger charge is -2.42. The number of halogens is 1. The van der Waals surface area contributed by atoms with E-state index in [0.717, 1.165) is 28.9 Å². The minimum atomic E-state index is 0.546. The van der Waals surface area contributed by atoms with Crippen molar-refractivity contribution in [3.8, 4) is 0 Å². The van der Waals surface area contributed by atoms with Gasteiger partial charge in [-0.25, -0.2) is 0 Å². The molecule has 0 saturated carbocycles. The molecule has 0 atom stereocenters. The standard InChI is InChI=1S/C14H22BrN3/c1-3-14(4-2)5-7-18(8-6-14)13-11(15)9-17-10-12(13)16/h9-10H,3-8,16H2,1-2H3. The summed E-state index contributed by atoms with van der Waals surface area (Å²) < 4.78 is 1.00. The highest BCUT2D eigenvalue weighted by molar-refractivity contribution is 9.10. The number of anilines is 2. The van der Waals surface area contributed by atoms with Gasteiger partial charge in [-0.1, -0.05) is 26.7 Å². The summed E-state index contributed by atoms with van der Waals surface area (Å²) in [4.78, 5) is 6.50. The second kappa shape index (κ2) is 5.47. The average Bonchev–Trinajstić information content (AvgIpc) is 2.39. The van der Waals surface area contributed by atoms with E-state index in [2.05, 4.69) is 39.7 Å². The molecule has 0 aliphatic carbocycles. The zero-order valence-corrected chi connectivity index (χ0v) is 12.8. The Bertz CT molecular complexity index is 385. The van der Waals surface area contributed by atoms with Gasteiger partial charge in [-0.3, -0.25) is 4.98 Å². The Kier molecular flexibility index (Phi) is 4.15. The summed E-state index contributed by atoms with van der Waals surface area (Å²) >= 11 is 3.56. The van der Waals surface area contributed by atoms with Gasteiger partial charge < -0.3 is 10.6 Å². The Balaban J connectivity index is 2.15. The van der Waals surface area contributed by atoms with Crippen LogP contribution in [0.5, 0.6) is 0 Å². The summed E-state index contributed by atoms with van der Waals surface area (Å²) in [7, 11) is 0. The Morgan fingerprint density at radius 3 is 2.39 bits per heavy atom. The van der Waals surface area contributed by atoms with Crippen LogP contribution in [0.2, 0.25) is 0 Å². The third kappa shape index (κ3) is 2.48. The Morgan fingerprint density at radius 1 is 1.28 bits per heavy atom. The first-order valence-electron chi connectivity index (χ1n) is 6.76. The number of rotatable bonds is 3. The van der Waals surface area contributed by atoms with Crippen LogP contribution in [-0.2, 0) is 0 Å². The van der Waals surface area contributed by atoms with E-state index in [-0.39, 0.29) is 0 Å². The molecule has 2 rings (SSSR count). The SMILES string of the molecule is CCC1(CC)CCN(c2c(N)cncc2Br)CC1. The lowest BCUT2D eigenvalue weighted by molar-refractivity contribution is 0.199. The molecule has 2 N–H and O–H groups in total. The number of aromatic nitrogens is 1. The van der Waals surface area contributed by atoms with E-state index in [1.54, 1.807) is 6.20 Å². The minimum Gasteiger partial charge on any atom is -0.396 e. The molecule has 0 unspecified atom stereocenters. The summed E-state index contributed by atoms with van der Waals surface area (Å²) in [6.45, 7) is 6.81. The van der Waals surface area contributed by atoms with Gasteiger partial charge in [0.25, 0.3) is 0 Å². The lowest BCUT2D eigenvalue weighted by Crippen LogP contribution is -2.40. The number of hydrogen-bond acceptors (Lipinski definition) is 3. The van der Waals surface area contributed by atoms with Gasteiger partial charge in [-0.15, -0.1) is 0 Å². The van der Waals surface area contributed by atoms with Crippen molar-refractivity contribution in [2.75, 3.05) is 23.7 Å². The fourth-order valence-electron chi connectivity index (χ4n) is 2.94. The summed E-state index contributed by atoms with van der Waals surface area (Å²) in [6.07, 6.45) is 8.64. The van der Waals surface area contributed by atoms with Crippen LogP contribution in [0.25, 0.3) is 0 Å². The highest BCUT2D eigenvalue weighted by Gasteiger charge is 2.32. The molecular weight excluding hydrogens is 290 g/mol. The second-order valence-corrected chi connectivity index (χ2v) is 6.11. The van der Waals surface area contributed by atoms with Crippen LogP contribution in [0.4, 0.5) is 11.4 Å². The molecular formula is C14H22BrN3.